The standard InChI is InChI=1S/2C2H4O2.2Cs/c2*1-2(3)4;;/h2*1H3,(H,3,4);;/q;;2*+1/p-2. The summed E-state index contributed by atoms with van der Waals surface area (Å²) in [6.45, 7) is 1.94. The second-order valence-electron chi connectivity index (χ2n) is 0.983. The van der Waals surface area contributed by atoms with Crippen LogP contribution in [0.25, 0.3) is 0 Å². The van der Waals surface area contributed by atoms with Crippen LogP contribution in [0.1, 0.15) is 13.8 Å². The van der Waals surface area contributed by atoms with Gasteiger partial charge in [-0.1, -0.05) is 0 Å². The van der Waals surface area contributed by atoms with Gasteiger partial charge in [0.25, 0.3) is 0 Å². The summed E-state index contributed by atoms with van der Waals surface area (Å²) in [4.78, 5) is 17.8. The zero-order chi connectivity index (χ0) is 7.15. The molecule has 0 spiro atoms. The van der Waals surface area contributed by atoms with Crippen molar-refractivity contribution in [2.45, 2.75) is 13.8 Å². The van der Waals surface area contributed by atoms with E-state index in [1.165, 1.54) is 0 Å². The maximum atomic E-state index is 8.89. The van der Waals surface area contributed by atoms with Crippen LogP contribution in [-0.2, 0) is 9.59 Å². The summed E-state index contributed by atoms with van der Waals surface area (Å²) in [5.41, 5.74) is 0. The van der Waals surface area contributed by atoms with Crippen molar-refractivity contribution in [3.8, 4) is 0 Å². The van der Waals surface area contributed by atoms with E-state index in [-0.39, 0.29) is 138 Å². The smallest absolute Gasteiger partial charge is 0.550 e. The fourth-order valence-corrected chi connectivity index (χ4v) is 0. The summed E-state index contributed by atoms with van der Waals surface area (Å²) in [6, 6.07) is 0. The van der Waals surface area contributed by atoms with Crippen molar-refractivity contribution < 1.29 is 158 Å². The molecule has 0 bridgehead atoms. The predicted octanol–water partition coefficient (Wildman–Crippen LogP) is -8.48. The van der Waals surface area contributed by atoms with Crippen molar-refractivity contribution in [1.29, 1.82) is 0 Å². The minimum absolute atomic E-state index is 0. The topological polar surface area (TPSA) is 80.3 Å². The van der Waals surface area contributed by atoms with Gasteiger partial charge in [0.15, 0.2) is 0 Å². The number of hydrogen-bond acceptors (Lipinski definition) is 4. The molecule has 0 aromatic heterocycles. The SMILES string of the molecule is CC(=O)[O-].CC(=O)[O-].[Cs+].[Cs+]. The molecule has 0 aliphatic heterocycles. The first kappa shape index (κ1) is 23.1. The summed E-state index contributed by atoms with van der Waals surface area (Å²) in [5, 5.41) is 17.8. The molecule has 6 heteroatoms. The molecule has 48 valence electrons. The van der Waals surface area contributed by atoms with Crippen LogP contribution in [0.15, 0.2) is 0 Å². The number of carbonyl (C=O) groups excluding carboxylic acids is 2. The van der Waals surface area contributed by atoms with E-state index in [9.17, 15) is 0 Å². The molecule has 0 amide bonds. The molecule has 4 nitrogen and oxygen atoms in total. The first-order valence-electron chi connectivity index (χ1n) is 1.82. The number of hydrogen-bond donors (Lipinski definition) is 0. The Morgan fingerprint density at radius 2 is 0.900 bits per heavy atom. The zero-order valence-electron chi connectivity index (χ0n) is 6.63. The van der Waals surface area contributed by atoms with Crippen LogP contribution in [0.2, 0.25) is 0 Å². The average Bonchev–Trinajstić information content (AvgIpc) is 1.25. The molecule has 0 aliphatic carbocycles. The van der Waals surface area contributed by atoms with E-state index in [1.807, 2.05) is 0 Å². The second kappa shape index (κ2) is 18.0. The van der Waals surface area contributed by atoms with E-state index in [1.54, 1.807) is 0 Å². The zero-order valence-corrected chi connectivity index (χ0v) is 19.2. The summed E-state index contributed by atoms with van der Waals surface area (Å²) in [7, 11) is 0. The van der Waals surface area contributed by atoms with Gasteiger partial charge in [-0.05, 0) is 13.8 Å². The van der Waals surface area contributed by atoms with Gasteiger partial charge in [0.05, 0.1) is 0 Å². The Kier molecular flexibility index (Phi) is 41.5. The van der Waals surface area contributed by atoms with Gasteiger partial charge >= 0.3 is 138 Å². The molecule has 0 aliphatic rings. The Hall–Kier alpha value is 3.04. The van der Waals surface area contributed by atoms with Crippen molar-refractivity contribution in [3.05, 3.63) is 0 Å². The Morgan fingerprint density at radius 1 is 0.900 bits per heavy atom. The number of carbonyl (C=O) groups is 2. The van der Waals surface area contributed by atoms with Gasteiger partial charge in [-0.25, -0.2) is 0 Å². The van der Waals surface area contributed by atoms with E-state index < -0.39 is 11.9 Å². The number of aliphatic carboxylic acids is 2. The van der Waals surface area contributed by atoms with Gasteiger partial charge < -0.3 is 19.8 Å². The summed E-state index contributed by atoms with van der Waals surface area (Å²) in [6.07, 6.45) is 0. The van der Waals surface area contributed by atoms with E-state index in [2.05, 4.69) is 0 Å². The maximum Gasteiger partial charge on any atom is 1.00 e. The fraction of sp³-hybridized carbons (Fsp3) is 0.500. The minimum atomic E-state index is -1.08. The Bertz CT molecular complexity index is 73.3. The predicted molar refractivity (Wildman–Crippen MR) is 21.4 cm³/mol. The molecule has 0 saturated carbocycles. The molecular formula is C4H6Cs2O4. The molecule has 0 rings (SSSR count). The molecule has 10 heavy (non-hydrogen) atoms. The number of carboxylic acids is 2. The third-order valence-electron chi connectivity index (χ3n) is 0. The average molecular weight is 384 g/mol. The van der Waals surface area contributed by atoms with Gasteiger partial charge in [0.2, 0.25) is 0 Å². The quantitative estimate of drug-likeness (QED) is 0.416. The van der Waals surface area contributed by atoms with Crippen LogP contribution < -0.4 is 148 Å². The molecule has 0 aromatic rings. The Morgan fingerprint density at radius 3 is 0.900 bits per heavy atom. The molecule has 0 unspecified atom stereocenters. The van der Waals surface area contributed by atoms with Crippen LogP contribution in [0.3, 0.4) is 0 Å². The summed E-state index contributed by atoms with van der Waals surface area (Å²) in [5.74, 6) is -2.17. The Labute approximate surface area is 177 Å². The van der Waals surface area contributed by atoms with Gasteiger partial charge in [-0.15, -0.1) is 0 Å². The largest absolute Gasteiger partial charge is 1.00 e. The van der Waals surface area contributed by atoms with Crippen molar-refractivity contribution in [3.63, 3.8) is 0 Å². The Balaban J connectivity index is -0.0000000300. The molecule has 0 N–H and O–H groups in total. The normalized spacial score (nSPS) is 5.00. The van der Waals surface area contributed by atoms with E-state index in [0.717, 1.165) is 13.8 Å². The van der Waals surface area contributed by atoms with E-state index in [0.29, 0.717) is 0 Å². The van der Waals surface area contributed by atoms with Crippen molar-refractivity contribution in [1.82, 2.24) is 0 Å². The van der Waals surface area contributed by atoms with Crippen molar-refractivity contribution >= 4 is 11.9 Å². The van der Waals surface area contributed by atoms with Crippen LogP contribution in [-0.4, -0.2) is 11.9 Å². The third-order valence-corrected chi connectivity index (χ3v) is 0. The first-order valence-corrected chi connectivity index (χ1v) is 1.82. The van der Waals surface area contributed by atoms with E-state index >= 15 is 0 Å². The van der Waals surface area contributed by atoms with E-state index in [4.69, 9.17) is 19.8 Å². The van der Waals surface area contributed by atoms with Gasteiger partial charge in [-0.3, -0.25) is 0 Å². The fourth-order valence-electron chi connectivity index (χ4n) is 0. The number of rotatable bonds is 0. The van der Waals surface area contributed by atoms with Gasteiger partial charge in [0, 0.05) is 11.9 Å². The van der Waals surface area contributed by atoms with Gasteiger partial charge in [-0.2, -0.15) is 0 Å². The van der Waals surface area contributed by atoms with Gasteiger partial charge in [0.1, 0.15) is 0 Å². The summed E-state index contributed by atoms with van der Waals surface area (Å²) >= 11 is 0. The molecule has 0 saturated heterocycles. The van der Waals surface area contributed by atoms with Crippen LogP contribution >= 0.6 is 0 Å². The molecule has 0 radical (unpaired) electrons. The van der Waals surface area contributed by atoms with Crippen molar-refractivity contribution in [2.75, 3.05) is 0 Å². The second-order valence-corrected chi connectivity index (χ2v) is 0.983. The van der Waals surface area contributed by atoms with Crippen LogP contribution in [0.4, 0.5) is 0 Å². The molecule has 0 heterocycles. The molecule has 0 atom stereocenters. The first-order chi connectivity index (χ1) is 3.46. The molecule has 0 fully saturated rings. The third kappa shape index (κ3) is 120. The minimum Gasteiger partial charge on any atom is -0.550 e. The monoisotopic (exact) mass is 384 g/mol. The molecule has 0 aromatic carbocycles. The maximum absolute atomic E-state index is 8.89. The summed E-state index contributed by atoms with van der Waals surface area (Å²) < 4.78 is 0. The van der Waals surface area contributed by atoms with Crippen LogP contribution in [0, 0.1) is 0 Å². The van der Waals surface area contributed by atoms with Crippen molar-refractivity contribution in [2.24, 2.45) is 0 Å². The molecular weight excluding hydrogens is 378 g/mol. The number of carboxylic acid groups (broad SMARTS) is 2. The van der Waals surface area contributed by atoms with Crippen LogP contribution in [0.5, 0.6) is 0 Å².